The van der Waals surface area contributed by atoms with E-state index in [0.717, 1.165) is 23.6 Å². The summed E-state index contributed by atoms with van der Waals surface area (Å²) in [5.74, 6) is -0.801. The van der Waals surface area contributed by atoms with Crippen molar-refractivity contribution in [1.82, 2.24) is 4.98 Å². The molecule has 0 bridgehead atoms. The van der Waals surface area contributed by atoms with Crippen molar-refractivity contribution in [3.05, 3.63) is 71.9 Å². The van der Waals surface area contributed by atoms with Crippen molar-refractivity contribution in [2.24, 2.45) is 0 Å². The van der Waals surface area contributed by atoms with Crippen molar-refractivity contribution in [3.8, 4) is 5.75 Å². The first-order valence-corrected chi connectivity index (χ1v) is 6.75. The maximum Gasteiger partial charge on any atom is 0.145 e. The molecule has 0 amide bonds. The van der Waals surface area contributed by atoms with Crippen LogP contribution in [0.25, 0.3) is 10.9 Å². The predicted molar refractivity (Wildman–Crippen MR) is 78.6 cm³/mol. The van der Waals surface area contributed by atoms with E-state index in [1.165, 1.54) is 0 Å². The minimum atomic E-state index is -1.27. The average molecular weight is 301 g/mol. The van der Waals surface area contributed by atoms with Gasteiger partial charge in [-0.25, -0.2) is 8.78 Å². The lowest BCUT2D eigenvalue weighted by atomic mass is 10.1. The van der Waals surface area contributed by atoms with Gasteiger partial charge in [0.1, 0.15) is 35.6 Å². The first kappa shape index (κ1) is 14.4. The first-order chi connectivity index (χ1) is 10.6. The van der Waals surface area contributed by atoms with Crippen LogP contribution in [-0.2, 0) is 0 Å². The molecule has 0 aliphatic rings. The van der Waals surface area contributed by atoms with Crippen LogP contribution in [0.3, 0.4) is 0 Å². The van der Waals surface area contributed by atoms with Crippen LogP contribution in [0, 0.1) is 11.6 Å². The molecule has 3 nitrogen and oxygen atoms in total. The Bertz CT molecular complexity index is 802. The van der Waals surface area contributed by atoms with E-state index in [9.17, 15) is 13.9 Å². The number of aliphatic hydroxyl groups is 1. The molecule has 22 heavy (non-hydrogen) atoms. The third kappa shape index (κ3) is 2.89. The molecule has 1 N–H and O–H groups in total. The fourth-order valence-electron chi connectivity index (χ4n) is 2.22. The second-order valence-corrected chi connectivity index (χ2v) is 4.82. The van der Waals surface area contributed by atoms with Crippen LogP contribution in [-0.4, -0.2) is 16.7 Å². The van der Waals surface area contributed by atoms with E-state index in [1.807, 2.05) is 18.2 Å². The monoisotopic (exact) mass is 301 g/mol. The lowest BCUT2D eigenvalue weighted by Gasteiger charge is -2.14. The molecule has 112 valence electrons. The normalized spacial score (nSPS) is 12.3. The maximum atomic E-state index is 13.6. The maximum absolute atomic E-state index is 13.6. The summed E-state index contributed by atoms with van der Waals surface area (Å²) in [4.78, 5) is 4.22. The number of pyridine rings is 1. The van der Waals surface area contributed by atoms with Crippen molar-refractivity contribution in [1.29, 1.82) is 0 Å². The van der Waals surface area contributed by atoms with Gasteiger partial charge in [-0.15, -0.1) is 0 Å². The van der Waals surface area contributed by atoms with E-state index in [0.29, 0.717) is 11.3 Å². The Balaban J connectivity index is 1.80. The van der Waals surface area contributed by atoms with Crippen molar-refractivity contribution in [3.63, 3.8) is 0 Å². The summed E-state index contributed by atoms with van der Waals surface area (Å²) in [6.07, 6.45) is 0.368. The van der Waals surface area contributed by atoms with E-state index >= 15 is 0 Å². The molecule has 0 saturated carbocycles. The number of rotatable bonds is 4. The zero-order valence-corrected chi connectivity index (χ0v) is 11.5. The molecule has 0 saturated heterocycles. The number of aliphatic hydroxyl groups excluding tert-OH is 1. The van der Waals surface area contributed by atoms with Gasteiger partial charge in [-0.05, 0) is 30.3 Å². The number of ether oxygens (including phenoxy) is 1. The molecule has 0 aliphatic carbocycles. The number of benzene rings is 2. The molecular formula is C17H13F2NO2. The van der Waals surface area contributed by atoms with Crippen LogP contribution in [0.4, 0.5) is 8.78 Å². The number of para-hydroxylation sites is 1. The van der Waals surface area contributed by atoms with E-state index in [4.69, 9.17) is 4.74 Å². The van der Waals surface area contributed by atoms with Crippen LogP contribution in [0.15, 0.2) is 54.7 Å². The van der Waals surface area contributed by atoms with Crippen LogP contribution < -0.4 is 4.74 Å². The second-order valence-electron chi connectivity index (χ2n) is 4.82. The zero-order chi connectivity index (χ0) is 15.5. The molecule has 3 aromatic rings. The number of fused-ring (bicyclic) bond motifs is 1. The molecule has 0 radical (unpaired) electrons. The highest BCUT2D eigenvalue weighted by Crippen LogP contribution is 2.25. The summed E-state index contributed by atoms with van der Waals surface area (Å²) in [7, 11) is 0. The lowest BCUT2D eigenvalue weighted by molar-refractivity contribution is 0.105. The number of halogens is 2. The van der Waals surface area contributed by atoms with E-state index in [-0.39, 0.29) is 12.2 Å². The Labute approximate surface area is 125 Å². The Hall–Kier alpha value is -2.53. The molecule has 1 aromatic heterocycles. The van der Waals surface area contributed by atoms with Crippen LogP contribution in [0.5, 0.6) is 5.75 Å². The van der Waals surface area contributed by atoms with E-state index in [1.54, 1.807) is 18.3 Å². The van der Waals surface area contributed by atoms with Gasteiger partial charge in [0, 0.05) is 17.1 Å². The SMILES string of the molecule is OC(COc1cccc2cccnc12)c1cc(F)ccc1F. The highest BCUT2D eigenvalue weighted by Gasteiger charge is 2.15. The zero-order valence-electron chi connectivity index (χ0n) is 11.5. The topological polar surface area (TPSA) is 42.4 Å². The Morgan fingerprint density at radius 3 is 2.77 bits per heavy atom. The van der Waals surface area contributed by atoms with E-state index in [2.05, 4.69) is 4.98 Å². The molecule has 1 atom stereocenters. The lowest BCUT2D eigenvalue weighted by Crippen LogP contribution is -2.12. The van der Waals surface area contributed by atoms with Crippen LogP contribution in [0.1, 0.15) is 11.7 Å². The largest absolute Gasteiger partial charge is 0.488 e. The number of nitrogens with zero attached hydrogens (tertiary/aromatic N) is 1. The average Bonchev–Trinajstić information content (AvgIpc) is 2.54. The molecular weight excluding hydrogens is 288 g/mol. The summed E-state index contributed by atoms with van der Waals surface area (Å²) in [5.41, 5.74) is 0.519. The minimum Gasteiger partial charge on any atom is -0.488 e. The summed E-state index contributed by atoms with van der Waals surface area (Å²) in [6.45, 7) is -0.198. The van der Waals surface area contributed by atoms with Gasteiger partial charge < -0.3 is 9.84 Å². The quantitative estimate of drug-likeness (QED) is 0.800. The van der Waals surface area contributed by atoms with Gasteiger partial charge >= 0.3 is 0 Å². The minimum absolute atomic E-state index is 0.131. The predicted octanol–water partition coefficient (Wildman–Crippen LogP) is 3.63. The summed E-state index contributed by atoms with van der Waals surface area (Å²) in [5, 5.41) is 10.9. The molecule has 3 rings (SSSR count). The Morgan fingerprint density at radius 2 is 1.91 bits per heavy atom. The second kappa shape index (κ2) is 6.07. The van der Waals surface area contributed by atoms with Crippen molar-refractivity contribution < 1.29 is 18.6 Å². The highest BCUT2D eigenvalue weighted by atomic mass is 19.1. The van der Waals surface area contributed by atoms with Gasteiger partial charge in [0.25, 0.3) is 0 Å². The number of hydrogen-bond acceptors (Lipinski definition) is 3. The summed E-state index contributed by atoms with van der Waals surface area (Å²) < 4.78 is 32.3. The van der Waals surface area contributed by atoms with E-state index < -0.39 is 17.7 Å². The van der Waals surface area contributed by atoms with Crippen molar-refractivity contribution in [2.75, 3.05) is 6.61 Å². The molecule has 0 fully saturated rings. The van der Waals surface area contributed by atoms with Crippen molar-refractivity contribution in [2.45, 2.75) is 6.10 Å². The van der Waals surface area contributed by atoms with Crippen LogP contribution >= 0.6 is 0 Å². The smallest absolute Gasteiger partial charge is 0.145 e. The molecule has 2 aromatic carbocycles. The Kier molecular flexibility index (Phi) is 3.98. The van der Waals surface area contributed by atoms with Crippen molar-refractivity contribution >= 4 is 10.9 Å². The number of hydrogen-bond donors (Lipinski definition) is 1. The first-order valence-electron chi connectivity index (χ1n) is 6.75. The van der Waals surface area contributed by atoms with Crippen LogP contribution in [0.2, 0.25) is 0 Å². The molecule has 1 heterocycles. The van der Waals surface area contributed by atoms with Gasteiger partial charge in [-0.3, -0.25) is 4.98 Å². The van der Waals surface area contributed by atoms with Gasteiger partial charge in [0.05, 0.1) is 0 Å². The van der Waals surface area contributed by atoms with Gasteiger partial charge in [-0.2, -0.15) is 0 Å². The summed E-state index contributed by atoms with van der Waals surface area (Å²) >= 11 is 0. The highest BCUT2D eigenvalue weighted by molar-refractivity contribution is 5.84. The fraction of sp³-hybridized carbons (Fsp3) is 0.118. The molecule has 0 aliphatic heterocycles. The summed E-state index contributed by atoms with van der Waals surface area (Å²) in [6, 6.07) is 12.0. The van der Waals surface area contributed by atoms with Gasteiger partial charge in [0.2, 0.25) is 0 Å². The number of aromatic nitrogens is 1. The fourth-order valence-corrected chi connectivity index (χ4v) is 2.22. The van der Waals surface area contributed by atoms with Gasteiger partial charge in [0.15, 0.2) is 0 Å². The molecule has 0 spiro atoms. The molecule has 5 heteroatoms. The Morgan fingerprint density at radius 1 is 1.09 bits per heavy atom. The third-order valence-electron chi connectivity index (χ3n) is 3.31. The third-order valence-corrected chi connectivity index (χ3v) is 3.31. The van der Waals surface area contributed by atoms with Gasteiger partial charge in [-0.1, -0.05) is 18.2 Å². The molecule has 1 unspecified atom stereocenters. The standard InChI is InChI=1S/C17H13F2NO2/c18-12-6-7-14(19)13(9-12)15(21)10-22-16-5-1-3-11-4-2-8-20-17(11)16/h1-9,15,21H,10H2.